The van der Waals surface area contributed by atoms with E-state index < -0.39 is 0 Å². The lowest BCUT2D eigenvalue weighted by atomic mass is 9.60. The fourth-order valence-corrected chi connectivity index (χ4v) is 6.01. The first-order chi connectivity index (χ1) is 9.80. The van der Waals surface area contributed by atoms with Gasteiger partial charge in [0.2, 0.25) is 0 Å². The third kappa shape index (κ3) is 5.61. The van der Waals surface area contributed by atoms with E-state index in [1.165, 1.54) is 70.6 Å². The van der Waals surface area contributed by atoms with Crippen LogP contribution < -0.4 is 0 Å². The molecule has 0 radical (unpaired) electrons. The summed E-state index contributed by atoms with van der Waals surface area (Å²) in [5, 5.41) is 0. The van der Waals surface area contributed by atoms with E-state index in [9.17, 15) is 0 Å². The Bertz CT molecular complexity index is 296. The third-order valence-corrected chi connectivity index (χ3v) is 6.33. The largest absolute Gasteiger partial charge is 0.0651 e. The Hall–Kier alpha value is 0. The molecule has 0 aromatic heterocycles. The Kier molecular flexibility index (Phi) is 5.83. The molecule has 0 N–H and O–H groups in total. The van der Waals surface area contributed by atoms with E-state index in [4.69, 9.17) is 0 Å². The molecule has 2 aliphatic rings. The molecule has 124 valence electrons. The minimum Gasteiger partial charge on any atom is -0.0651 e. The summed E-state index contributed by atoms with van der Waals surface area (Å²) in [7, 11) is 0. The number of rotatable bonds is 5. The van der Waals surface area contributed by atoms with Crippen LogP contribution in [0.2, 0.25) is 0 Å². The molecule has 2 unspecified atom stereocenters. The van der Waals surface area contributed by atoms with E-state index in [-0.39, 0.29) is 0 Å². The summed E-state index contributed by atoms with van der Waals surface area (Å²) in [6.07, 6.45) is 16.4. The molecule has 21 heavy (non-hydrogen) atoms. The van der Waals surface area contributed by atoms with Crippen molar-refractivity contribution >= 4 is 0 Å². The van der Waals surface area contributed by atoms with E-state index in [2.05, 4.69) is 34.6 Å². The van der Waals surface area contributed by atoms with Crippen molar-refractivity contribution in [3.63, 3.8) is 0 Å². The van der Waals surface area contributed by atoms with E-state index in [0.29, 0.717) is 10.8 Å². The van der Waals surface area contributed by atoms with Crippen molar-refractivity contribution in [1.29, 1.82) is 0 Å². The van der Waals surface area contributed by atoms with Gasteiger partial charge in [-0.2, -0.15) is 0 Å². The molecule has 2 atom stereocenters. The van der Waals surface area contributed by atoms with Gasteiger partial charge in [-0.05, 0) is 54.3 Å². The molecule has 0 heterocycles. The highest BCUT2D eigenvalue weighted by Gasteiger charge is 2.38. The van der Waals surface area contributed by atoms with Crippen LogP contribution in [0.25, 0.3) is 0 Å². The highest BCUT2D eigenvalue weighted by molar-refractivity contribution is 4.89. The summed E-state index contributed by atoms with van der Waals surface area (Å²) in [6, 6.07) is 0. The van der Waals surface area contributed by atoms with Gasteiger partial charge in [0.25, 0.3) is 0 Å². The molecule has 2 aliphatic carbocycles. The lowest BCUT2D eigenvalue weighted by Crippen LogP contribution is -2.33. The smallest absolute Gasteiger partial charge is 0.0347 e. The number of hydrogen-bond donors (Lipinski definition) is 0. The molecule has 2 saturated carbocycles. The Balaban J connectivity index is 1.73. The molecular weight excluding hydrogens is 252 g/mol. The van der Waals surface area contributed by atoms with Crippen LogP contribution in [0, 0.1) is 28.6 Å². The van der Waals surface area contributed by atoms with Gasteiger partial charge in [-0.15, -0.1) is 0 Å². The quantitative estimate of drug-likeness (QED) is 0.501. The maximum Gasteiger partial charge on any atom is -0.0347 e. The van der Waals surface area contributed by atoms with Crippen LogP contribution in [0.4, 0.5) is 0 Å². The van der Waals surface area contributed by atoms with Gasteiger partial charge >= 0.3 is 0 Å². The Morgan fingerprint density at radius 3 is 2.00 bits per heavy atom. The van der Waals surface area contributed by atoms with Gasteiger partial charge in [-0.1, -0.05) is 79.6 Å². The highest BCUT2D eigenvalue weighted by Crippen LogP contribution is 2.49. The summed E-state index contributed by atoms with van der Waals surface area (Å²) in [4.78, 5) is 0. The molecule has 0 aromatic carbocycles. The van der Waals surface area contributed by atoms with Crippen molar-refractivity contribution in [1.82, 2.24) is 0 Å². The summed E-state index contributed by atoms with van der Waals surface area (Å²) in [5.74, 6) is 3.11. The molecule has 0 bridgehead atoms. The van der Waals surface area contributed by atoms with Crippen molar-refractivity contribution in [2.45, 2.75) is 105 Å². The van der Waals surface area contributed by atoms with E-state index >= 15 is 0 Å². The van der Waals surface area contributed by atoms with Crippen molar-refractivity contribution in [2.75, 3.05) is 0 Å². The van der Waals surface area contributed by atoms with Gasteiger partial charge < -0.3 is 0 Å². The Labute approximate surface area is 134 Å². The van der Waals surface area contributed by atoms with Crippen LogP contribution >= 0.6 is 0 Å². The molecule has 0 aliphatic heterocycles. The highest BCUT2D eigenvalue weighted by atomic mass is 14.4. The Morgan fingerprint density at radius 2 is 1.38 bits per heavy atom. The second-order valence-electron chi connectivity index (χ2n) is 10.0. The zero-order valence-corrected chi connectivity index (χ0v) is 15.5. The van der Waals surface area contributed by atoms with E-state index in [0.717, 1.165) is 17.8 Å². The van der Waals surface area contributed by atoms with Crippen LogP contribution in [-0.4, -0.2) is 0 Å². The molecular formula is C21H40. The maximum absolute atomic E-state index is 2.49. The fraction of sp³-hybridized carbons (Fsp3) is 1.00. The maximum atomic E-state index is 2.49. The summed E-state index contributed by atoms with van der Waals surface area (Å²) < 4.78 is 0. The van der Waals surface area contributed by atoms with Gasteiger partial charge in [-0.3, -0.25) is 0 Å². The van der Waals surface area contributed by atoms with Crippen molar-refractivity contribution < 1.29 is 0 Å². The van der Waals surface area contributed by atoms with Gasteiger partial charge in [-0.25, -0.2) is 0 Å². The average molecular weight is 293 g/mol. The SMILES string of the molecule is CCC1CCCC(CCCC2CC(C)(C)CC(C)(C)C2)C1. The van der Waals surface area contributed by atoms with Gasteiger partial charge in [0.15, 0.2) is 0 Å². The first-order valence-corrected chi connectivity index (χ1v) is 9.80. The summed E-state index contributed by atoms with van der Waals surface area (Å²) in [5.41, 5.74) is 1.15. The van der Waals surface area contributed by atoms with Crippen molar-refractivity contribution in [2.24, 2.45) is 28.6 Å². The predicted octanol–water partition coefficient (Wildman–Crippen LogP) is 7.23. The zero-order valence-electron chi connectivity index (χ0n) is 15.5. The molecule has 2 rings (SSSR count). The second kappa shape index (κ2) is 7.05. The van der Waals surface area contributed by atoms with Gasteiger partial charge in [0.1, 0.15) is 0 Å². The fourth-order valence-electron chi connectivity index (χ4n) is 6.01. The lowest BCUT2D eigenvalue weighted by Gasteiger charge is -2.45. The Morgan fingerprint density at radius 1 is 0.810 bits per heavy atom. The third-order valence-electron chi connectivity index (χ3n) is 6.33. The van der Waals surface area contributed by atoms with Crippen molar-refractivity contribution in [3.8, 4) is 0 Å². The molecule has 0 heteroatoms. The van der Waals surface area contributed by atoms with Gasteiger partial charge in [0, 0.05) is 0 Å². The first-order valence-electron chi connectivity index (χ1n) is 9.80. The van der Waals surface area contributed by atoms with Crippen LogP contribution in [0.15, 0.2) is 0 Å². The van der Waals surface area contributed by atoms with Gasteiger partial charge in [0.05, 0.1) is 0 Å². The molecule has 0 spiro atoms. The van der Waals surface area contributed by atoms with Crippen molar-refractivity contribution in [3.05, 3.63) is 0 Å². The molecule has 0 amide bonds. The molecule has 0 saturated heterocycles. The van der Waals surface area contributed by atoms with Crippen LogP contribution in [-0.2, 0) is 0 Å². The topological polar surface area (TPSA) is 0 Å². The molecule has 2 fully saturated rings. The second-order valence-corrected chi connectivity index (χ2v) is 10.0. The molecule has 0 aromatic rings. The minimum atomic E-state index is 0.574. The first kappa shape index (κ1) is 17.4. The van der Waals surface area contributed by atoms with E-state index in [1.54, 1.807) is 0 Å². The normalized spacial score (nSPS) is 33.0. The van der Waals surface area contributed by atoms with Crippen LogP contribution in [0.5, 0.6) is 0 Å². The zero-order chi connectivity index (χ0) is 15.5. The lowest BCUT2D eigenvalue weighted by molar-refractivity contribution is 0.0617. The summed E-state index contributed by atoms with van der Waals surface area (Å²) >= 11 is 0. The van der Waals surface area contributed by atoms with Crippen LogP contribution in [0.3, 0.4) is 0 Å². The summed E-state index contributed by atoms with van der Waals surface area (Å²) in [6.45, 7) is 12.4. The van der Waals surface area contributed by atoms with E-state index in [1.807, 2.05) is 0 Å². The standard InChI is InChI=1S/C21H40/c1-6-17-9-7-10-18(13-17)11-8-12-19-14-20(2,3)16-21(4,5)15-19/h17-19H,6-16H2,1-5H3. The van der Waals surface area contributed by atoms with Crippen LogP contribution in [0.1, 0.15) is 105 Å². The number of hydrogen-bond acceptors (Lipinski definition) is 0. The monoisotopic (exact) mass is 292 g/mol. The predicted molar refractivity (Wildman–Crippen MR) is 94.5 cm³/mol. The molecule has 0 nitrogen and oxygen atoms in total. The minimum absolute atomic E-state index is 0.574. The average Bonchev–Trinajstić information content (AvgIpc) is 2.35.